The Morgan fingerprint density at radius 2 is 1.92 bits per heavy atom. The maximum Gasteiger partial charge on any atom is 0.202 e. The third-order valence-corrected chi connectivity index (χ3v) is 5.82. The van der Waals surface area contributed by atoms with Gasteiger partial charge >= 0.3 is 0 Å². The number of carbonyl (C=O) groups is 1. The van der Waals surface area contributed by atoms with Crippen LogP contribution in [0.25, 0.3) is 6.08 Å². The molecule has 2 aliphatic heterocycles. The van der Waals surface area contributed by atoms with E-state index >= 15 is 0 Å². The van der Waals surface area contributed by atoms with Gasteiger partial charge in [-0.15, -0.1) is 0 Å². The molecule has 3 nitrogen and oxygen atoms in total. The monoisotopic (exact) mass is 363 g/mol. The van der Waals surface area contributed by atoms with Crippen molar-refractivity contribution in [3.05, 3.63) is 69.8 Å². The van der Waals surface area contributed by atoms with Gasteiger partial charge in [-0.25, -0.2) is 0 Å². The summed E-state index contributed by atoms with van der Waals surface area (Å²) in [5, 5.41) is 0. The quantitative estimate of drug-likeness (QED) is 0.679. The molecule has 0 amide bonds. The lowest BCUT2D eigenvalue weighted by molar-refractivity contribution is 0.104. The largest absolute Gasteiger partial charge is 0.494 e. The van der Waals surface area contributed by atoms with Crippen molar-refractivity contribution in [2.45, 2.75) is 25.7 Å². The normalized spacial score (nSPS) is 18.1. The Morgan fingerprint density at radius 3 is 2.69 bits per heavy atom. The van der Waals surface area contributed by atoms with Crippen molar-refractivity contribution in [2.24, 2.45) is 0 Å². The molecule has 2 aromatic carbocycles. The van der Waals surface area contributed by atoms with E-state index in [0.717, 1.165) is 39.0 Å². The van der Waals surface area contributed by atoms with Gasteiger partial charge in [0.25, 0.3) is 0 Å². The molecule has 0 aromatic heterocycles. The van der Waals surface area contributed by atoms with Crippen LogP contribution in [0.5, 0.6) is 5.75 Å². The molecule has 2 aliphatic rings. The highest BCUT2D eigenvalue weighted by molar-refractivity contribution is 8.04. The standard InChI is InChI=1S/C22H21NO2S/c1-4-23-18-10-6-14(3)12-15(18)7-11-19(23)22-21(24)17-9-8-16(25-5-2)13-20(17)26-22/h6-13H,4-5H2,1-3H3/b22-19+. The summed E-state index contributed by atoms with van der Waals surface area (Å²) in [6.45, 7) is 7.61. The molecule has 0 unspecified atom stereocenters. The molecular formula is C22H21NO2S. The van der Waals surface area contributed by atoms with Gasteiger partial charge in [0.2, 0.25) is 5.78 Å². The summed E-state index contributed by atoms with van der Waals surface area (Å²) >= 11 is 1.54. The molecule has 0 radical (unpaired) electrons. The van der Waals surface area contributed by atoms with Gasteiger partial charge < -0.3 is 9.64 Å². The predicted molar refractivity (Wildman–Crippen MR) is 108 cm³/mol. The molecule has 0 bridgehead atoms. The minimum Gasteiger partial charge on any atom is -0.494 e. The summed E-state index contributed by atoms with van der Waals surface area (Å²) in [6.07, 6.45) is 4.18. The van der Waals surface area contributed by atoms with E-state index < -0.39 is 0 Å². The number of nitrogens with zero attached hydrogens (tertiary/aromatic N) is 1. The number of aryl methyl sites for hydroxylation is 1. The zero-order chi connectivity index (χ0) is 18.3. The average molecular weight is 363 g/mol. The first-order valence-electron chi connectivity index (χ1n) is 8.92. The Bertz CT molecular complexity index is 959. The maximum absolute atomic E-state index is 13.0. The number of benzene rings is 2. The van der Waals surface area contributed by atoms with Crippen molar-refractivity contribution in [3.8, 4) is 5.75 Å². The number of fused-ring (bicyclic) bond motifs is 2. The van der Waals surface area contributed by atoms with Crippen molar-refractivity contribution < 1.29 is 9.53 Å². The van der Waals surface area contributed by atoms with Crippen molar-refractivity contribution in [2.75, 3.05) is 18.1 Å². The van der Waals surface area contributed by atoms with Crippen LogP contribution in [0, 0.1) is 6.92 Å². The first-order valence-corrected chi connectivity index (χ1v) is 9.74. The molecule has 0 saturated carbocycles. The van der Waals surface area contributed by atoms with Crippen LogP contribution < -0.4 is 9.64 Å². The van der Waals surface area contributed by atoms with Crippen LogP contribution in [0.2, 0.25) is 0 Å². The molecule has 2 heterocycles. The molecule has 0 spiro atoms. The number of thioether (sulfide) groups is 1. The number of hydrogen-bond acceptors (Lipinski definition) is 4. The molecule has 4 rings (SSSR count). The van der Waals surface area contributed by atoms with Crippen LogP contribution in [-0.4, -0.2) is 18.9 Å². The third kappa shape index (κ3) is 2.74. The van der Waals surface area contributed by atoms with Gasteiger partial charge in [-0.2, -0.15) is 0 Å². The molecule has 0 aliphatic carbocycles. The van der Waals surface area contributed by atoms with Crippen molar-refractivity contribution in [3.63, 3.8) is 0 Å². The number of ketones is 1. The Labute approximate surface area is 158 Å². The fourth-order valence-corrected chi connectivity index (χ4v) is 4.61. The fraction of sp³-hybridized carbons (Fsp3) is 0.227. The second kappa shape index (κ2) is 6.69. The number of anilines is 1. The molecule has 2 aromatic rings. The summed E-state index contributed by atoms with van der Waals surface area (Å²) in [5.41, 5.74) is 5.33. The minimum absolute atomic E-state index is 0.0988. The zero-order valence-electron chi connectivity index (χ0n) is 15.2. The second-order valence-corrected chi connectivity index (χ2v) is 7.43. The van der Waals surface area contributed by atoms with Crippen molar-refractivity contribution in [1.29, 1.82) is 0 Å². The maximum atomic E-state index is 13.0. The topological polar surface area (TPSA) is 29.5 Å². The van der Waals surface area contributed by atoms with Gasteiger partial charge in [0.15, 0.2) is 0 Å². The summed E-state index contributed by atoms with van der Waals surface area (Å²) in [6, 6.07) is 12.2. The molecular weight excluding hydrogens is 342 g/mol. The van der Waals surface area contributed by atoms with Gasteiger partial charge in [-0.1, -0.05) is 29.5 Å². The lowest BCUT2D eigenvalue weighted by Crippen LogP contribution is -2.25. The first-order chi connectivity index (χ1) is 12.6. The predicted octanol–water partition coefficient (Wildman–Crippen LogP) is 5.45. The summed E-state index contributed by atoms with van der Waals surface area (Å²) < 4.78 is 5.58. The zero-order valence-corrected chi connectivity index (χ0v) is 16.0. The molecule has 0 fully saturated rings. The van der Waals surface area contributed by atoms with Crippen LogP contribution in [0.3, 0.4) is 0 Å². The number of likely N-dealkylation sites (N-methyl/N-ethyl adjacent to an activating group) is 1. The van der Waals surface area contributed by atoms with Gasteiger partial charge in [-0.3, -0.25) is 4.79 Å². The van der Waals surface area contributed by atoms with Crippen LogP contribution >= 0.6 is 11.8 Å². The van der Waals surface area contributed by atoms with E-state index in [2.05, 4.69) is 49.1 Å². The number of carbonyl (C=O) groups excluding carboxylic acids is 1. The number of allylic oxidation sites excluding steroid dienone is 2. The Kier molecular flexibility index (Phi) is 4.37. The molecule has 0 N–H and O–H groups in total. The highest BCUT2D eigenvalue weighted by Crippen LogP contribution is 2.45. The minimum atomic E-state index is 0.0988. The fourth-order valence-electron chi connectivity index (χ4n) is 3.46. The van der Waals surface area contributed by atoms with Crippen LogP contribution in [0.1, 0.15) is 35.3 Å². The first kappa shape index (κ1) is 17.0. The van der Waals surface area contributed by atoms with E-state index in [1.54, 1.807) is 11.8 Å². The number of ether oxygens (including phenoxy) is 1. The van der Waals surface area contributed by atoms with Gasteiger partial charge in [0.1, 0.15) is 5.75 Å². The van der Waals surface area contributed by atoms with Crippen LogP contribution in [0.15, 0.2) is 58.0 Å². The Morgan fingerprint density at radius 1 is 1.08 bits per heavy atom. The van der Waals surface area contributed by atoms with E-state index in [1.807, 2.05) is 25.1 Å². The number of Topliss-reactive ketones (excluding diaryl/α,β-unsaturated/α-hetero) is 1. The average Bonchev–Trinajstić information content (AvgIpc) is 2.96. The van der Waals surface area contributed by atoms with Gasteiger partial charge in [0, 0.05) is 22.7 Å². The van der Waals surface area contributed by atoms with E-state index in [1.165, 1.54) is 11.1 Å². The van der Waals surface area contributed by atoms with E-state index in [0.29, 0.717) is 6.61 Å². The third-order valence-electron chi connectivity index (χ3n) is 4.66. The van der Waals surface area contributed by atoms with E-state index in [-0.39, 0.29) is 5.78 Å². The lowest BCUT2D eigenvalue weighted by atomic mass is 10.0. The molecule has 0 saturated heterocycles. The molecule has 132 valence electrons. The summed E-state index contributed by atoms with van der Waals surface area (Å²) in [7, 11) is 0. The smallest absolute Gasteiger partial charge is 0.202 e. The lowest BCUT2D eigenvalue weighted by Gasteiger charge is -2.30. The summed E-state index contributed by atoms with van der Waals surface area (Å²) in [5.74, 6) is 0.909. The highest BCUT2D eigenvalue weighted by Gasteiger charge is 2.31. The van der Waals surface area contributed by atoms with Crippen LogP contribution in [0.4, 0.5) is 5.69 Å². The van der Waals surface area contributed by atoms with Crippen molar-refractivity contribution >= 4 is 29.3 Å². The Hall–Kier alpha value is -2.46. The van der Waals surface area contributed by atoms with Crippen LogP contribution in [-0.2, 0) is 0 Å². The molecule has 26 heavy (non-hydrogen) atoms. The molecule has 0 atom stereocenters. The second-order valence-electron chi connectivity index (χ2n) is 6.38. The van der Waals surface area contributed by atoms with E-state index in [4.69, 9.17) is 4.74 Å². The Balaban J connectivity index is 1.78. The number of hydrogen-bond donors (Lipinski definition) is 0. The molecule has 4 heteroatoms. The summed E-state index contributed by atoms with van der Waals surface area (Å²) in [4.78, 5) is 17.0. The number of rotatable bonds is 3. The van der Waals surface area contributed by atoms with Gasteiger partial charge in [-0.05, 0) is 62.7 Å². The van der Waals surface area contributed by atoms with E-state index in [9.17, 15) is 4.79 Å². The SMILES string of the molecule is CCOc1ccc2c(c1)S/C(=C1\C=Cc3cc(C)ccc3N1CC)C2=O. The highest BCUT2D eigenvalue weighted by atomic mass is 32.2. The van der Waals surface area contributed by atoms with Crippen molar-refractivity contribution in [1.82, 2.24) is 0 Å². The van der Waals surface area contributed by atoms with Gasteiger partial charge in [0.05, 0.1) is 17.2 Å².